The van der Waals surface area contributed by atoms with Gasteiger partial charge in [0.05, 0.1) is 0 Å². The van der Waals surface area contributed by atoms with Crippen LogP contribution in [0.4, 0.5) is 0 Å². The predicted octanol–water partition coefficient (Wildman–Crippen LogP) is 3.81. The molecule has 0 bridgehead atoms. The lowest BCUT2D eigenvalue weighted by Gasteiger charge is -2.27. The number of hydrogen-bond acceptors (Lipinski definition) is 2. The fourth-order valence-corrected chi connectivity index (χ4v) is 2.71. The standard InChI is InChI=1S/C14H20ClNO/c1-11-6-3-2-4-9-16(11)10-12-13(15)7-5-8-14(12)17/h5,7-8,11,17H,2-4,6,9-10H2,1H3. The number of hydrogen-bond donors (Lipinski definition) is 1. The maximum Gasteiger partial charge on any atom is 0.121 e. The van der Waals surface area contributed by atoms with Gasteiger partial charge in [0.25, 0.3) is 0 Å². The van der Waals surface area contributed by atoms with Gasteiger partial charge in [0.1, 0.15) is 5.75 Å². The molecule has 1 heterocycles. The van der Waals surface area contributed by atoms with E-state index in [1.165, 1.54) is 25.7 Å². The molecule has 0 spiro atoms. The number of phenols is 1. The van der Waals surface area contributed by atoms with Crippen LogP contribution in [0.2, 0.25) is 5.02 Å². The van der Waals surface area contributed by atoms with Crippen LogP contribution in [0.5, 0.6) is 5.75 Å². The molecular weight excluding hydrogens is 234 g/mol. The van der Waals surface area contributed by atoms with Crippen LogP contribution in [0.25, 0.3) is 0 Å². The number of halogens is 1. The molecule has 94 valence electrons. The molecule has 1 N–H and O–H groups in total. The van der Waals surface area contributed by atoms with Crippen molar-refractivity contribution in [2.75, 3.05) is 6.54 Å². The normalized spacial score (nSPS) is 22.4. The van der Waals surface area contributed by atoms with E-state index in [1.54, 1.807) is 12.1 Å². The lowest BCUT2D eigenvalue weighted by molar-refractivity contribution is 0.203. The zero-order valence-corrected chi connectivity index (χ0v) is 11.1. The molecule has 1 aromatic carbocycles. The van der Waals surface area contributed by atoms with E-state index in [1.807, 2.05) is 6.07 Å². The number of benzene rings is 1. The quantitative estimate of drug-likeness (QED) is 0.866. The topological polar surface area (TPSA) is 23.5 Å². The maximum absolute atomic E-state index is 9.87. The highest BCUT2D eigenvalue weighted by molar-refractivity contribution is 6.31. The summed E-state index contributed by atoms with van der Waals surface area (Å²) < 4.78 is 0. The molecule has 1 saturated heterocycles. The second kappa shape index (κ2) is 5.74. The Hall–Kier alpha value is -0.730. The highest BCUT2D eigenvalue weighted by Gasteiger charge is 2.19. The fourth-order valence-electron chi connectivity index (χ4n) is 2.48. The van der Waals surface area contributed by atoms with Gasteiger partial charge in [0.15, 0.2) is 0 Å². The van der Waals surface area contributed by atoms with Crippen molar-refractivity contribution in [3.63, 3.8) is 0 Å². The van der Waals surface area contributed by atoms with Gasteiger partial charge >= 0.3 is 0 Å². The Morgan fingerprint density at radius 3 is 2.94 bits per heavy atom. The van der Waals surface area contributed by atoms with Crippen LogP contribution in [-0.4, -0.2) is 22.6 Å². The minimum absolute atomic E-state index is 0.314. The van der Waals surface area contributed by atoms with Crippen molar-refractivity contribution in [2.24, 2.45) is 0 Å². The predicted molar refractivity (Wildman–Crippen MR) is 71.5 cm³/mol. The fraction of sp³-hybridized carbons (Fsp3) is 0.571. The number of nitrogens with zero attached hydrogens (tertiary/aromatic N) is 1. The van der Waals surface area contributed by atoms with Gasteiger partial charge in [0.2, 0.25) is 0 Å². The van der Waals surface area contributed by atoms with Crippen molar-refractivity contribution in [2.45, 2.75) is 45.2 Å². The van der Waals surface area contributed by atoms with Gasteiger partial charge in [-0.2, -0.15) is 0 Å². The molecule has 1 aliphatic heterocycles. The lowest BCUT2D eigenvalue weighted by atomic mass is 10.1. The molecule has 1 aromatic rings. The summed E-state index contributed by atoms with van der Waals surface area (Å²) in [6.07, 6.45) is 5.11. The first-order chi connectivity index (χ1) is 8.18. The third-order valence-corrected chi connectivity index (χ3v) is 4.00. The molecule has 2 nitrogen and oxygen atoms in total. The second-order valence-corrected chi connectivity index (χ2v) is 5.31. The number of rotatable bonds is 2. The Morgan fingerprint density at radius 1 is 1.35 bits per heavy atom. The van der Waals surface area contributed by atoms with Crippen molar-refractivity contribution in [3.8, 4) is 5.75 Å². The molecule has 0 radical (unpaired) electrons. The van der Waals surface area contributed by atoms with Gasteiger partial charge in [-0.05, 0) is 38.4 Å². The van der Waals surface area contributed by atoms with E-state index in [9.17, 15) is 5.11 Å². The van der Waals surface area contributed by atoms with E-state index < -0.39 is 0 Å². The van der Waals surface area contributed by atoms with Crippen LogP contribution < -0.4 is 0 Å². The van der Waals surface area contributed by atoms with Crippen molar-refractivity contribution in [3.05, 3.63) is 28.8 Å². The number of aromatic hydroxyl groups is 1. The minimum atomic E-state index is 0.314. The van der Waals surface area contributed by atoms with Crippen LogP contribution in [0.1, 0.15) is 38.2 Å². The van der Waals surface area contributed by atoms with Gasteiger partial charge < -0.3 is 5.11 Å². The molecule has 2 rings (SSSR count). The van der Waals surface area contributed by atoms with E-state index in [0.717, 1.165) is 18.7 Å². The molecule has 1 aliphatic rings. The Balaban J connectivity index is 2.13. The SMILES string of the molecule is CC1CCCCCN1Cc1c(O)cccc1Cl. The summed E-state index contributed by atoms with van der Waals surface area (Å²) in [6, 6.07) is 5.92. The van der Waals surface area contributed by atoms with Crippen LogP contribution in [-0.2, 0) is 6.54 Å². The summed E-state index contributed by atoms with van der Waals surface area (Å²) in [5.41, 5.74) is 0.864. The monoisotopic (exact) mass is 253 g/mol. The summed E-state index contributed by atoms with van der Waals surface area (Å²) >= 11 is 6.15. The Kier molecular flexibility index (Phi) is 4.30. The van der Waals surface area contributed by atoms with Crippen molar-refractivity contribution in [1.82, 2.24) is 4.90 Å². The van der Waals surface area contributed by atoms with Crippen molar-refractivity contribution < 1.29 is 5.11 Å². The molecule has 0 saturated carbocycles. The molecule has 1 fully saturated rings. The Bertz CT molecular complexity index is 360. The first-order valence-corrected chi connectivity index (χ1v) is 6.76. The molecule has 1 atom stereocenters. The minimum Gasteiger partial charge on any atom is -0.508 e. The summed E-state index contributed by atoms with van der Waals surface area (Å²) in [5, 5.41) is 10.5. The van der Waals surface area contributed by atoms with Gasteiger partial charge in [-0.25, -0.2) is 0 Å². The third kappa shape index (κ3) is 3.14. The number of phenolic OH excluding ortho intramolecular Hbond substituents is 1. The highest BCUT2D eigenvalue weighted by atomic mass is 35.5. The zero-order chi connectivity index (χ0) is 12.3. The molecule has 17 heavy (non-hydrogen) atoms. The van der Waals surface area contributed by atoms with E-state index in [2.05, 4.69) is 11.8 Å². The summed E-state index contributed by atoms with van der Waals surface area (Å²) in [7, 11) is 0. The van der Waals surface area contributed by atoms with Crippen LogP contribution >= 0.6 is 11.6 Å². The first-order valence-electron chi connectivity index (χ1n) is 6.39. The van der Waals surface area contributed by atoms with Crippen LogP contribution in [0, 0.1) is 0 Å². The average molecular weight is 254 g/mol. The van der Waals surface area contributed by atoms with E-state index in [0.29, 0.717) is 16.8 Å². The molecule has 3 heteroatoms. The van der Waals surface area contributed by atoms with E-state index in [4.69, 9.17) is 11.6 Å². The van der Waals surface area contributed by atoms with Gasteiger partial charge in [0, 0.05) is 23.2 Å². The van der Waals surface area contributed by atoms with Crippen LogP contribution in [0.15, 0.2) is 18.2 Å². The van der Waals surface area contributed by atoms with Crippen molar-refractivity contribution >= 4 is 11.6 Å². The van der Waals surface area contributed by atoms with E-state index in [-0.39, 0.29) is 0 Å². The van der Waals surface area contributed by atoms with E-state index >= 15 is 0 Å². The largest absolute Gasteiger partial charge is 0.508 e. The zero-order valence-electron chi connectivity index (χ0n) is 10.3. The molecule has 0 amide bonds. The first kappa shape index (κ1) is 12.7. The molecule has 0 aromatic heterocycles. The third-order valence-electron chi connectivity index (χ3n) is 3.65. The smallest absolute Gasteiger partial charge is 0.121 e. The van der Waals surface area contributed by atoms with Gasteiger partial charge in [-0.15, -0.1) is 0 Å². The summed E-state index contributed by atoms with van der Waals surface area (Å²) in [5.74, 6) is 0.314. The molecule has 0 aliphatic carbocycles. The second-order valence-electron chi connectivity index (χ2n) is 4.91. The van der Waals surface area contributed by atoms with Crippen molar-refractivity contribution in [1.29, 1.82) is 0 Å². The van der Waals surface area contributed by atoms with Gasteiger partial charge in [-0.1, -0.05) is 30.5 Å². The summed E-state index contributed by atoms with van der Waals surface area (Å²) in [6.45, 7) is 4.12. The number of likely N-dealkylation sites (tertiary alicyclic amines) is 1. The van der Waals surface area contributed by atoms with Crippen LogP contribution in [0.3, 0.4) is 0 Å². The summed E-state index contributed by atoms with van der Waals surface area (Å²) in [4.78, 5) is 2.42. The maximum atomic E-state index is 9.87. The van der Waals surface area contributed by atoms with Gasteiger partial charge in [-0.3, -0.25) is 4.90 Å². The molecular formula is C14H20ClNO. The highest BCUT2D eigenvalue weighted by Crippen LogP contribution is 2.28. The Morgan fingerprint density at radius 2 is 2.18 bits per heavy atom. The lowest BCUT2D eigenvalue weighted by Crippen LogP contribution is -2.32. The Labute approximate surface area is 108 Å². The average Bonchev–Trinajstić information content (AvgIpc) is 2.49. The molecule has 1 unspecified atom stereocenters.